The van der Waals surface area contributed by atoms with Crippen LogP contribution in [0.15, 0.2) is 12.1 Å². The van der Waals surface area contributed by atoms with Gasteiger partial charge < -0.3 is 9.47 Å². The Hall–Kier alpha value is -0.600. The Morgan fingerprint density at radius 1 is 1.10 bits per heavy atom. The average Bonchev–Trinajstić information content (AvgIpc) is 2.97. The van der Waals surface area contributed by atoms with Gasteiger partial charge in [0.25, 0.3) is 0 Å². The first kappa shape index (κ1) is 14.3. The smallest absolute Gasteiger partial charge is 0.162 e. The zero-order chi connectivity index (χ0) is 13.9. The molecule has 0 radical (unpaired) electrons. The summed E-state index contributed by atoms with van der Waals surface area (Å²) in [5, 5.41) is 0.639. The van der Waals surface area contributed by atoms with Crippen molar-refractivity contribution in [1.29, 1.82) is 0 Å². The highest BCUT2D eigenvalue weighted by Crippen LogP contribution is 2.41. The second-order valence-electron chi connectivity index (χ2n) is 5.71. The van der Waals surface area contributed by atoms with Crippen molar-refractivity contribution in [2.45, 2.75) is 43.9 Å². The fourth-order valence-corrected chi connectivity index (χ4v) is 3.80. The van der Waals surface area contributed by atoms with Crippen LogP contribution in [0, 0.1) is 5.92 Å². The van der Waals surface area contributed by atoms with E-state index in [9.17, 15) is 0 Å². The highest BCUT2D eigenvalue weighted by molar-refractivity contribution is 6.33. The van der Waals surface area contributed by atoms with Crippen LogP contribution in [0.2, 0.25) is 5.02 Å². The molecule has 20 heavy (non-hydrogen) atoms. The molecule has 3 rings (SSSR count). The van der Waals surface area contributed by atoms with E-state index in [1.165, 1.54) is 32.1 Å². The quantitative estimate of drug-likeness (QED) is 0.696. The van der Waals surface area contributed by atoms with E-state index < -0.39 is 0 Å². The molecule has 1 unspecified atom stereocenters. The second kappa shape index (κ2) is 6.44. The van der Waals surface area contributed by atoms with Crippen molar-refractivity contribution < 1.29 is 9.47 Å². The molecule has 1 atom stereocenters. The molecular formula is C16H20Cl2O2. The summed E-state index contributed by atoms with van der Waals surface area (Å²) >= 11 is 12.9. The van der Waals surface area contributed by atoms with Gasteiger partial charge in [0.2, 0.25) is 0 Å². The van der Waals surface area contributed by atoms with Crippen LogP contribution in [0.5, 0.6) is 11.5 Å². The molecule has 0 bridgehead atoms. The zero-order valence-electron chi connectivity index (χ0n) is 11.5. The topological polar surface area (TPSA) is 18.5 Å². The van der Waals surface area contributed by atoms with Gasteiger partial charge in [-0.05, 0) is 30.4 Å². The van der Waals surface area contributed by atoms with Crippen LogP contribution in [0.3, 0.4) is 0 Å². The molecule has 1 saturated carbocycles. The summed E-state index contributed by atoms with van der Waals surface area (Å²) in [7, 11) is 0. The van der Waals surface area contributed by atoms with Gasteiger partial charge in [-0.1, -0.05) is 37.3 Å². The number of fused-ring (bicyclic) bond motifs is 1. The summed E-state index contributed by atoms with van der Waals surface area (Å²) in [4.78, 5) is 0. The summed E-state index contributed by atoms with van der Waals surface area (Å²) in [5.41, 5.74) is 0.968. The number of benzene rings is 1. The van der Waals surface area contributed by atoms with E-state index in [0.717, 1.165) is 29.4 Å². The highest BCUT2D eigenvalue weighted by atomic mass is 35.5. The van der Waals surface area contributed by atoms with E-state index in [4.69, 9.17) is 32.7 Å². The van der Waals surface area contributed by atoms with E-state index in [1.807, 2.05) is 12.1 Å². The van der Waals surface area contributed by atoms with Gasteiger partial charge >= 0.3 is 0 Å². The number of ether oxygens (including phenoxy) is 2. The normalized spacial score (nSPS) is 20.1. The van der Waals surface area contributed by atoms with Crippen molar-refractivity contribution in [2.24, 2.45) is 5.92 Å². The van der Waals surface area contributed by atoms with Crippen molar-refractivity contribution in [2.75, 3.05) is 13.2 Å². The summed E-state index contributed by atoms with van der Waals surface area (Å²) in [6.07, 6.45) is 7.65. The first-order chi connectivity index (χ1) is 9.74. The van der Waals surface area contributed by atoms with Crippen molar-refractivity contribution >= 4 is 23.2 Å². The largest absolute Gasteiger partial charge is 0.486 e. The number of halogens is 2. The Morgan fingerprint density at radius 3 is 2.45 bits per heavy atom. The van der Waals surface area contributed by atoms with Crippen LogP contribution in [0.4, 0.5) is 0 Å². The Labute approximate surface area is 130 Å². The van der Waals surface area contributed by atoms with Crippen molar-refractivity contribution in [3.8, 4) is 11.5 Å². The third kappa shape index (κ3) is 3.17. The predicted molar refractivity (Wildman–Crippen MR) is 82.2 cm³/mol. The summed E-state index contributed by atoms with van der Waals surface area (Å²) in [6.45, 7) is 1.16. The lowest BCUT2D eigenvalue weighted by Crippen LogP contribution is -2.15. The molecule has 0 spiro atoms. The first-order valence-electron chi connectivity index (χ1n) is 7.47. The predicted octanol–water partition coefficient (Wildman–Crippen LogP) is 5.36. The zero-order valence-corrected chi connectivity index (χ0v) is 13.1. The van der Waals surface area contributed by atoms with Crippen LogP contribution in [0.1, 0.15) is 49.5 Å². The van der Waals surface area contributed by atoms with Crippen molar-refractivity contribution in [3.05, 3.63) is 22.7 Å². The van der Waals surface area contributed by atoms with Crippen LogP contribution in [-0.4, -0.2) is 13.2 Å². The lowest BCUT2D eigenvalue weighted by molar-refractivity contribution is 0.171. The Kier molecular flexibility index (Phi) is 4.62. The van der Waals surface area contributed by atoms with Crippen molar-refractivity contribution in [3.63, 3.8) is 0 Å². The van der Waals surface area contributed by atoms with E-state index in [2.05, 4.69) is 0 Å². The van der Waals surface area contributed by atoms with Crippen LogP contribution in [0.25, 0.3) is 0 Å². The minimum absolute atomic E-state index is 0.0427. The molecule has 110 valence electrons. The lowest BCUT2D eigenvalue weighted by Gasteiger charge is -2.21. The van der Waals surface area contributed by atoms with E-state index in [-0.39, 0.29) is 5.38 Å². The molecule has 0 saturated heterocycles. The number of hydrogen-bond acceptors (Lipinski definition) is 2. The van der Waals surface area contributed by atoms with Gasteiger partial charge in [-0.2, -0.15) is 0 Å². The number of alkyl halides is 1. The molecular weight excluding hydrogens is 295 g/mol. The molecule has 0 amide bonds. The Morgan fingerprint density at radius 2 is 1.75 bits per heavy atom. The van der Waals surface area contributed by atoms with Crippen molar-refractivity contribution in [1.82, 2.24) is 0 Å². The van der Waals surface area contributed by atoms with Gasteiger partial charge in [0, 0.05) is 11.1 Å². The average molecular weight is 315 g/mol. The molecule has 0 N–H and O–H groups in total. The third-order valence-corrected chi connectivity index (χ3v) is 5.08. The molecule has 2 aliphatic rings. The monoisotopic (exact) mass is 314 g/mol. The summed E-state index contributed by atoms with van der Waals surface area (Å²) in [5.74, 6) is 2.35. The maximum Gasteiger partial charge on any atom is 0.162 e. The minimum Gasteiger partial charge on any atom is -0.486 e. The molecule has 4 heteroatoms. The molecule has 1 heterocycles. The Balaban J connectivity index is 1.68. The number of hydrogen-bond donors (Lipinski definition) is 0. The fraction of sp³-hybridized carbons (Fsp3) is 0.625. The van der Waals surface area contributed by atoms with E-state index in [1.54, 1.807) is 0 Å². The first-order valence-corrected chi connectivity index (χ1v) is 8.28. The molecule has 1 aromatic rings. The minimum atomic E-state index is -0.0427. The van der Waals surface area contributed by atoms with Crippen LogP contribution in [-0.2, 0) is 0 Å². The van der Waals surface area contributed by atoms with Gasteiger partial charge in [-0.15, -0.1) is 11.6 Å². The third-order valence-electron chi connectivity index (χ3n) is 4.30. The molecule has 0 aromatic heterocycles. The molecule has 1 aliphatic heterocycles. The number of rotatable bonds is 4. The van der Waals surface area contributed by atoms with E-state index >= 15 is 0 Å². The molecule has 1 aliphatic carbocycles. The summed E-state index contributed by atoms with van der Waals surface area (Å²) < 4.78 is 11.1. The van der Waals surface area contributed by atoms with Crippen LogP contribution >= 0.6 is 23.2 Å². The van der Waals surface area contributed by atoms with Gasteiger partial charge in [0.1, 0.15) is 13.2 Å². The maximum atomic E-state index is 6.55. The molecule has 1 aromatic carbocycles. The SMILES string of the molecule is Clc1cc2c(cc1C(Cl)CCC1CCCC1)OCCO2. The lowest BCUT2D eigenvalue weighted by atomic mass is 9.98. The van der Waals surface area contributed by atoms with Gasteiger partial charge in [-0.3, -0.25) is 0 Å². The van der Waals surface area contributed by atoms with E-state index in [0.29, 0.717) is 18.2 Å². The standard InChI is InChI=1S/C16H20Cl2O2/c17-13(6-5-11-3-1-2-4-11)12-9-15-16(10-14(12)18)20-8-7-19-15/h9-11,13H,1-8H2. The second-order valence-corrected chi connectivity index (χ2v) is 6.65. The summed E-state index contributed by atoms with van der Waals surface area (Å²) in [6, 6.07) is 3.78. The molecule has 2 nitrogen and oxygen atoms in total. The van der Waals surface area contributed by atoms with Gasteiger partial charge in [-0.25, -0.2) is 0 Å². The maximum absolute atomic E-state index is 6.55. The van der Waals surface area contributed by atoms with Gasteiger partial charge in [0.05, 0.1) is 5.38 Å². The van der Waals surface area contributed by atoms with Crippen LogP contribution < -0.4 is 9.47 Å². The fourth-order valence-electron chi connectivity index (χ4n) is 3.16. The molecule has 1 fully saturated rings. The van der Waals surface area contributed by atoms with Gasteiger partial charge in [0.15, 0.2) is 11.5 Å². The Bertz CT molecular complexity index is 470. The highest BCUT2D eigenvalue weighted by Gasteiger charge is 2.21.